The Hall–Kier alpha value is -5.83. The van der Waals surface area contributed by atoms with Gasteiger partial charge in [-0.3, -0.25) is 14.4 Å². The van der Waals surface area contributed by atoms with Gasteiger partial charge in [0.05, 0.1) is 6.61 Å². The Bertz CT molecular complexity index is 2060. The molecule has 1 atom stereocenters. The average Bonchev–Trinajstić information content (AvgIpc) is 3.25. The molecule has 61 heavy (non-hydrogen) atoms. The maximum Gasteiger partial charge on any atom is 0.322 e. The minimum absolute atomic E-state index is 0.0672. The molecule has 1 aromatic heterocycles. The summed E-state index contributed by atoms with van der Waals surface area (Å²) in [5.74, 6) is -0.770. The van der Waals surface area contributed by atoms with Crippen molar-refractivity contribution in [3.05, 3.63) is 137 Å². The summed E-state index contributed by atoms with van der Waals surface area (Å²) in [6.45, 7) is 21.5. The van der Waals surface area contributed by atoms with Gasteiger partial charge in [-0.15, -0.1) is 0 Å². The number of carboxylic acids is 1. The van der Waals surface area contributed by atoms with Crippen LogP contribution in [0.5, 0.6) is 5.75 Å². The number of aryl methyl sites for hydroxylation is 1. The third kappa shape index (κ3) is 17.0. The van der Waals surface area contributed by atoms with Crippen LogP contribution in [0.1, 0.15) is 127 Å². The number of nitrogens with zero attached hydrogens (tertiary/aromatic N) is 2. The number of carbonyl (C=O) groups excluding carboxylic acids is 2. The van der Waals surface area contributed by atoms with Crippen LogP contribution < -0.4 is 15.4 Å². The lowest BCUT2D eigenvalue weighted by atomic mass is 9.86. The van der Waals surface area contributed by atoms with Gasteiger partial charge >= 0.3 is 5.97 Å². The van der Waals surface area contributed by atoms with E-state index in [1.807, 2.05) is 74.5 Å². The number of carbonyl (C=O) groups is 3. The van der Waals surface area contributed by atoms with Gasteiger partial charge in [-0.1, -0.05) is 166 Å². The lowest BCUT2D eigenvalue weighted by molar-refractivity contribution is -0.138. The van der Waals surface area contributed by atoms with Crippen molar-refractivity contribution in [2.75, 3.05) is 13.2 Å². The standard InChI is InChI=1S/C39H46N4O5.C11H16.C2H6/c1-5-6-7-8-9-22-48-33-20-16-28(17-21-33)31-24-40-36(41-25-31)29-12-10-27(11-13-29)23-34(38(47)42-26-35(44)45)43-37(46)30-14-18-32(19-15-30)39(2,3)4;1-9-5-7-10(8-6-9)11(2,3)4;1-2/h10-21,24-25,34H,5-9,22-23,26H2,1-4H3,(H,42,47)(H,43,46)(H,44,45);5-8H,1-4H3;1-2H3. The quantitative estimate of drug-likeness (QED) is 0.0844. The molecule has 0 radical (unpaired) electrons. The van der Waals surface area contributed by atoms with Gasteiger partial charge in [0.1, 0.15) is 18.3 Å². The van der Waals surface area contributed by atoms with Gasteiger partial charge < -0.3 is 20.5 Å². The molecule has 0 aliphatic rings. The molecule has 0 fully saturated rings. The van der Waals surface area contributed by atoms with E-state index in [0.717, 1.165) is 46.6 Å². The molecule has 9 nitrogen and oxygen atoms in total. The number of carboxylic acid groups (broad SMARTS) is 1. The minimum atomic E-state index is -1.17. The van der Waals surface area contributed by atoms with E-state index < -0.39 is 30.4 Å². The number of ether oxygens (including phenoxy) is 1. The maximum absolute atomic E-state index is 13.1. The maximum atomic E-state index is 13.1. The number of unbranched alkanes of at least 4 members (excludes halogenated alkanes) is 4. The van der Waals surface area contributed by atoms with E-state index in [-0.39, 0.29) is 17.3 Å². The van der Waals surface area contributed by atoms with E-state index in [1.54, 1.807) is 24.5 Å². The minimum Gasteiger partial charge on any atom is -0.494 e. The topological polar surface area (TPSA) is 131 Å². The van der Waals surface area contributed by atoms with E-state index in [4.69, 9.17) is 9.84 Å². The van der Waals surface area contributed by atoms with Crippen molar-refractivity contribution in [2.24, 2.45) is 0 Å². The van der Waals surface area contributed by atoms with Crippen LogP contribution in [-0.4, -0.2) is 52.1 Å². The summed E-state index contributed by atoms with van der Waals surface area (Å²) in [7, 11) is 0. The van der Waals surface area contributed by atoms with Crippen LogP contribution in [-0.2, 0) is 26.8 Å². The molecule has 3 N–H and O–H groups in total. The molecule has 0 aliphatic carbocycles. The van der Waals surface area contributed by atoms with E-state index in [9.17, 15) is 14.4 Å². The second kappa shape index (κ2) is 24.4. The van der Waals surface area contributed by atoms with Crippen LogP contribution in [0.15, 0.2) is 109 Å². The third-order valence-corrected chi connectivity index (χ3v) is 9.97. The number of amides is 2. The molecule has 5 rings (SSSR count). The molecule has 1 unspecified atom stereocenters. The monoisotopic (exact) mass is 829 g/mol. The van der Waals surface area contributed by atoms with Crippen molar-refractivity contribution in [2.45, 2.75) is 125 Å². The lowest BCUT2D eigenvalue weighted by Gasteiger charge is -2.20. The highest BCUT2D eigenvalue weighted by atomic mass is 16.5. The molecule has 1 heterocycles. The Labute approximate surface area is 364 Å². The number of aliphatic carboxylic acids is 1. The normalized spacial score (nSPS) is 11.5. The second-order valence-electron chi connectivity index (χ2n) is 17.1. The van der Waals surface area contributed by atoms with Gasteiger partial charge in [-0.2, -0.15) is 0 Å². The highest BCUT2D eigenvalue weighted by Gasteiger charge is 2.23. The summed E-state index contributed by atoms with van der Waals surface area (Å²) in [5.41, 5.74) is 7.90. The zero-order valence-corrected chi connectivity index (χ0v) is 38.1. The predicted octanol–water partition coefficient (Wildman–Crippen LogP) is 11.3. The summed E-state index contributed by atoms with van der Waals surface area (Å²) in [6, 6.07) is 30.3. The van der Waals surface area contributed by atoms with E-state index in [0.29, 0.717) is 11.4 Å². The summed E-state index contributed by atoms with van der Waals surface area (Å²) in [5, 5.41) is 14.2. The molecule has 326 valence electrons. The molecule has 5 aromatic rings. The molecular weight excluding hydrogens is 761 g/mol. The zero-order valence-electron chi connectivity index (χ0n) is 38.1. The fourth-order valence-corrected chi connectivity index (χ4v) is 6.20. The molecule has 0 saturated heterocycles. The summed E-state index contributed by atoms with van der Waals surface area (Å²) >= 11 is 0. The van der Waals surface area contributed by atoms with Crippen molar-refractivity contribution < 1.29 is 24.2 Å². The fourth-order valence-electron chi connectivity index (χ4n) is 6.20. The van der Waals surface area contributed by atoms with Crippen molar-refractivity contribution in [1.82, 2.24) is 20.6 Å². The van der Waals surface area contributed by atoms with Crippen LogP contribution in [0, 0.1) is 6.92 Å². The first kappa shape index (κ1) is 49.5. The van der Waals surface area contributed by atoms with Gasteiger partial charge in [0.25, 0.3) is 5.91 Å². The molecule has 0 bridgehead atoms. The van der Waals surface area contributed by atoms with Crippen LogP contribution in [0.3, 0.4) is 0 Å². The Morgan fingerprint density at radius 3 is 1.72 bits per heavy atom. The Morgan fingerprint density at radius 2 is 1.20 bits per heavy atom. The summed E-state index contributed by atoms with van der Waals surface area (Å²) < 4.78 is 5.88. The third-order valence-electron chi connectivity index (χ3n) is 9.97. The van der Waals surface area contributed by atoms with Crippen molar-refractivity contribution in [3.63, 3.8) is 0 Å². The lowest BCUT2D eigenvalue weighted by Crippen LogP contribution is -2.49. The SMILES string of the molecule is CC.CCCCCCCOc1ccc(-c2cnc(-c3ccc(CC(NC(=O)c4ccc(C(C)(C)C)cc4)C(=O)NCC(=O)O)cc3)nc2)cc1.Cc1ccc(C(C)(C)C)cc1. The highest BCUT2D eigenvalue weighted by molar-refractivity contribution is 5.98. The summed E-state index contributed by atoms with van der Waals surface area (Å²) in [6.07, 6.45) is 9.74. The number of rotatable bonds is 16. The molecule has 2 amide bonds. The summed E-state index contributed by atoms with van der Waals surface area (Å²) in [4.78, 5) is 46.2. The second-order valence-corrected chi connectivity index (χ2v) is 17.1. The number of hydrogen-bond donors (Lipinski definition) is 3. The van der Waals surface area contributed by atoms with Crippen LogP contribution in [0.2, 0.25) is 0 Å². The molecular formula is C52H68N4O5. The fraction of sp³-hybridized carbons (Fsp3) is 0.404. The first-order valence-corrected chi connectivity index (χ1v) is 21.7. The molecule has 4 aromatic carbocycles. The van der Waals surface area contributed by atoms with Crippen molar-refractivity contribution in [1.29, 1.82) is 0 Å². The van der Waals surface area contributed by atoms with E-state index in [1.165, 1.54) is 36.8 Å². The van der Waals surface area contributed by atoms with Crippen LogP contribution >= 0.6 is 0 Å². The van der Waals surface area contributed by atoms with Gasteiger partial charge in [0.2, 0.25) is 5.91 Å². The largest absolute Gasteiger partial charge is 0.494 e. The van der Waals surface area contributed by atoms with Gasteiger partial charge in [-0.05, 0) is 70.7 Å². The first-order chi connectivity index (χ1) is 29.0. The number of benzene rings is 4. The van der Waals surface area contributed by atoms with Gasteiger partial charge in [-0.25, -0.2) is 9.97 Å². The van der Waals surface area contributed by atoms with Crippen LogP contribution in [0.4, 0.5) is 0 Å². The zero-order chi connectivity index (χ0) is 45.0. The van der Waals surface area contributed by atoms with Crippen LogP contribution in [0.25, 0.3) is 22.5 Å². The highest BCUT2D eigenvalue weighted by Crippen LogP contribution is 2.25. The number of aromatic nitrogens is 2. The van der Waals surface area contributed by atoms with E-state index >= 15 is 0 Å². The molecule has 0 spiro atoms. The Kier molecular flexibility index (Phi) is 19.8. The van der Waals surface area contributed by atoms with Gasteiger partial charge in [0.15, 0.2) is 5.82 Å². The smallest absolute Gasteiger partial charge is 0.322 e. The Balaban J connectivity index is 0.000000655. The molecule has 0 saturated carbocycles. The Morgan fingerprint density at radius 1 is 0.672 bits per heavy atom. The number of hydrogen-bond acceptors (Lipinski definition) is 6. The average molecular weight is 829 g/mol. The molecule has 9 heteroatoms. The van der Waals surface area contributed by atoms with Crippen molar-refractivity contribution in [3.8, 4) is 28.3 Å². The van der Waals surface area contributed by atoms with E-state index in [2.05, 4.69) is 100 Å². The van der Waals surface area contributed by atoms with Gasteiger partial charge in [0, 0.05) is 35.5 Å². The number of nitrogens with one attached hydrogen (secondary N) is 2. The molecule has 0 aliphatic heterocycles. The van der Waals surface area contributed by atoms with Crippen molar-refractivity contribution >= 4 is 17.8 Å². The first-order valence-electron chi connectivity index (χ1n) is 21.7. The predicted molar refractivity (Wildman–Crippen MR) is 249 cm³/mol.